The van der Waals surface area contributed by atoms with Crippen LogP contribution in [0.3, 0.4) is 0 Å². The van der Waals surface area contributed by atoms with Crippen LogP contribution in [-0.2, 0) is 30.3 Å². The van der Waals surface area contributed by atoms with Gasteiger partial charge in [-0.15, -0.1) is 0 Å². The second kappa shape index (κ2) is 8.61. The topological polar surface area (TPSA) is 83.5 Å². The molecule has 1 fully saturated rings. The fraction of sp³-hybridized carbons (Fsp3) is 0.571. The van der Waals surface area contributed by atoms with Gasteiger partial charge in [0.2, 0.25) is 0 Å². The van der Waals surface area contributed by atoms with Crippen LogP contribution in [0.2, 0.25) is 0 Å². The highest BCUT2D eigenvalue weighted by molar-refractivity contribution is 5.76. The number of rotatable bonds is 4. The molecule has 0 saturated carbocycles. The number of hydrogen-bond acceptors (Lipinski definition) is 7. The number of aliphatic hydroxyl groups excluding tert-OH is 1. The van der Waals surface area contributed by atoms with Crippen LogP contribution in [0.25, 0.3) is 0 Å². The molecular formula is C21H28O7. The van der Waals surface area contributed by atoms with Crippen molar-refractivity contribution in [3.05, 3.63) is 42.0 Å². The van der Waals surface area contributed by atoms with Crippen molar-refractivity contribution in [3.63, 3.8) is 0 Å². The highest BCUT2D eigenvalue weighted by atomic mass is 16.8. The van der Waals surface area contributed by atoms with Gasteiger partial charge in [0.15, 0.2) is 11.9 Å². The molecule has 7 nitrogen and oxygen atoms in total. The Labute approximate surface area is 165 Å². The number of esters is 1. The number of carbonyl (C=O) groups is 1. The molecule has 1 aromatic carbocycles. The second-order valence-electron chi connectivity index (χ2n) is 7.58. The highest BCUT2D eigenvalue weighted by Gasteiger charge is 2.42. The molecule has 0 aromatic heterocycles. The van der Waals surface area contributed by atoms with E-state index in [4.69, 9.17) is 23.7 Å². The SMILES string of the molecule is COc1ccc(CO[C@@H]2C(=O)O[C@H](C)C[C@H]3OC(C)(C)O[C@H]3/C=C/[C@H]2O)cc1. The van der Waals surface area contributed by atoms with Crippen molar-refractivity contribution in [1.29, 1.82) is 0 Å². The Morgan fingerprint density at radius 1 is 1.18 bits per heavy atom. The summed E-state index contributed by atoms with van der Waals surface area (Å²) in [6.45, 7) is 5.62. The van der Waals surface area contributed by atoms with Crippen LogP contribution >= 0.6 is 0 Å². The third-order valence-electron chi connectivity index (χ3n) is 4.73. The van der Waals surface area contributed by atoms with Crippen molar-refractivity contribution in [2.24, 2.45) is 0 Å². The summed E-state index contributed by atoms with van der Waals surface area (Å²) >= 11 is 0. The summed E-state index contributed by atoms with van der Waals surface area (Å²) < 4.78 is 28.1. The van der Waals surface area contributed by atoms with Gasteiger partial charge in [0.25, 0.3) is 0 Å². The van der Waals surface area contributed by atoms with Crippen molar-refractivity contribution in [1.82, 2.24) is 0 Å². The summed E-state index contributed by atoms with van der Waals surface area (Å²) in [4.78, 5) is 12.6. The summed E-state index contributed by atoms with van der Waals surface area (Å²) in [5.41, 5.74) is 0.851. The molecule has 1 N–H and O–H groups in total. The molecule has 0 aliphatic carbocycles. The Hall–Kier alpha value is -1.93. The lowest BCUT2D eigenvalue weighted by Gasteiger charge is -2.26. The smallest absolute Gasteiger partial charge is 0.338 e. The normalized spacial score (nSPS) is 33.6. The zero-order chi connectivity index (χ0) is 20.3. The van der Waals surface area contributed by atoms with Gasteiger partial charge >= 0.3 is 5.97 Å². The van der Waals surface area contributed by atoms with Crippen LogP contribution in [0.5, 0.6) is 5.75 Å². The molecule has 2 aliphatic rings. The quantitative estimate of drug-likeness (QED) is 0.622. The largest absolute Gasteiger partial charge is 0.497 e. The number of ether oxygens (including phenoxy) is 5. The number of cyclic esters (lactones) is 1. The zero-order valence-corrected chi connectivity index (χ0v) is 16.7. The predicted octanol–water partition coefficient (Wildman–Crippen LogP) is 2.35. The molecule has 28 heavy (non-hydrogen) atoms. The van der Waals surface area contributed by atoms with E-state index >= 15 is 0 Å². The number of methoxy groups -OCH3 is 1. The summed E-state index contributed by atoms with van der Waals surface area (Å²) in [6, 6.07) is 7.29. The van der Waals surface area contributed by atoms with Gasteiger partial charge in [-0.05, 0) is 38.5 Å². The molecule has 0 amide bonds. The molecule has 0 radical (unpaired) electrons. The first-order valence-corrected chi connectivity index (χ1v) is 9.44. The molecule has 7 heteroatoms. The van der Waals surface area contributed by atoms with E-state index < -0.39 is 30.1 Å². The van der Waals surface area contributed by atoms with E-state index in [0.29, 0.717) is 6.42 Å². The minimum absolute atomic E-state index is 0.155. The Morgan fingerprint density at radius 3 is 2.57 bits per heavy atom. The van der Waals surface area contributed by atoms with Crippen molar-refractivity contribution < 1.29 is 33.6 Å². The van der Waals surface area contributed by atoms with Gasteiger partial charge < -0.3 is 28.8 Å². The van der Waals surface area contributed by atoms with Gasteiger partial charge in [-0.2, -0.15) is 0 Å². The molecule has 2 heterocycles. The minimum Gasteiger partial charge on any atom is -0.497 e. The van der Waals surface area contributed by atoms with Crippen LogP contribution in [-0.4, -0.2) is 54.5 Å². The lowest BCUT2D eigenvalue weighted by molar-refractivity contribution is -0.171. The third kappa shape index (κ3) is 5.11. The molecular weight excluding hydrogens is 364 g/mol. The second-order valence-corrected chi connectivity index (χ2v) is 7.58. The van der Waals surface area contributed by atoms with Gasteiger partial charge in [-0.1, -0.05) is 24.3 Å². The average Bonchev–Trinajstić information content (AvgIpc) is 2.93. The fourth-order valence-corrected chi connectivity index (χ4v) is 3.39. The van der Waals surface area contributed by atoms with Gasteiger partial charge in [0.05, 0.1) is 19.8 Å². The third-order valence-corrected chi connectivity index (χ3v) is 4.73. The highest BCUT2D eigenvalue weighted by Crippen LogP contribution is 2.32. The van der Waals surface area contributed by atoms with Gasteiger partial charge in [0, 0.05) is 6.42 Å². The Balaban J connectivity index is 1.72. The molecule has 0 unspecified atom stereocenters. The van der Waals surface area contributed by atoms with E-state index in [1.807, 2.05) is 38.1 Å². The van der Waals surface area contributed by atoms with Crippen molar-refractivity contribution in [3.8, 4) is 5.75 Å². The van der Waals surface area contributed by atoms with E-state index in [1.165, 1.54) is 6.08 Å². The van der Waals surface area contributed by atoms with E-state index in [-0.39, 0.29) is 18.8 Å². The number of aliphatic hydroxyl groups is 1. The average molecular weight is 392 g/mol. The summed E-state index contributed by atoms with van der Waals surface area (Å²) in [6.07, 6.45) is 0.465. The van der Waals surface area contributed by atoms with Crippen molar-refractivity contribution >= 4 is 5.97 Å². The van der Waals surface area contributed by atoms with Crippen LogP contribution in [0, 0.1) is 0 Å². The monoisotopic (exact) mass is 392 g/mol. The van der Waals surface area contributed by atoms with Gasteiger partial charge in [-0.25, -0.2) is 4.79 Å². The first-order valence-electron chi connectivity index (χ1n) is 9.44. The maximum absolute atomic E-state index is 12.6. The van der Waals surface area contributed by atoms with Crippen LogP contribution in [0.15, 0.2) is 36.4 Å². The summed E-state index contributed by atoms with van der Waals surface area (Å²) in [7, 11) is 1.59. The molecule has 0 spiro atoms. The summed E-state index contributed by atoms with van der Waals surface area (Å²) in [5.74, 6) is -0.600. The molecule has 5 atom stereocenters. The molecule has 1 saturated heterocycles. The van der Waals surface area contributed by atoms with E-state index in [0.717, 1.165) is 11.3 Å². The van der Waals surface area contributed by atoms with Crippen molar-refractivity contribution in [2.75, 3.05) is 7.11 Å². The Kier molecular flexibility index (Phi) is 6.40. The molecule has 2 aliphatic heterocycles. The van der Waals surface area contributed by atoms with E-state index in [2.05, 4.69) is 0 Å². The van der Waals surface area contributed by atoms with Crippen molar-refractivity contribution in [2.45, 2.75) is 70.1 Å². The first-order chi connectivity index (χ1) is 13.3. The first kappa shape index (κ1) is 20.8. The molecule has 3 rings (SSSR count). The lowest BCUT2D eigenvalue weighted by Crippen LogP contribution is -2.40. The van der Waals surface area contributed by atoms with Gasteiger partial charge in [0.1, 0.15) is 24.1 Å². The molecule has 1 aromatic rings. The fourth-order valence-electron chi connectivity index (χ4n) is 3.39. The molecule has 0 bridgehead atoms. The zero-order valence-electron chi connectivity index (χ0n) is 16.7. The standard InChI is InChI=1S/C21H28O7/c1-13-11-18-17(27-21(2,3)28-18)10-9-16(22)19(20(23)26-13)25-12-14-5-7-15(24-4)8-6-14/h5-10,13,16-19,22H,11-12H2,1-4H3/b10-9+/t13-,16-,17+,18-,19+/m1/s1. The number of carbonyl (C=O) groups excluding carboxylic acids is 1. The maximum Gasteiger partial charge on any atom is 0.338 e. The van der Waals surface area contributed by atoms with Crippen LogP contribution in [0.4, 0.5) is 0 Å². The van der Waals surface area contributed by atoms with E-state index in [9.17, 15) is 9.90 Å². The van der Waals surface area contributed by atoms with Gasteiger partial charge in [-0.3, -0.25) is 0 Å². The minimum atomic E-state index is -1.16. The Morgan fingerprint density at radius 2 is 1.89 bits per heavy atom. The van der Waals surface area contributed by atoms with Crippen LogP contribution in [0.1, 0.15) is 32.8 Å². The molecule has 154 valence electrons. The lowest BCUT2D eigenvalue weighted by atomic mass is 10.0. The number of fused-ring (bicyclic) bond motifs is 1. The van der Waals surface area contributed by atoms with E-state index in [1.54, 1.807) is 20.1 Å². The summed E-state index contributed by atoms with van der Waals surface area (Å²) in [5, 5.41) is 10.5. The Bertz CT molecular complexity index is 697. The van der Waals surface area contributed by atoms with Crippen LogP contribution < -0.4 is 4.74 Å². The predicted molar refractivity (Wildman–Crippen MR) is 101 cm³/mol. The number of benzene rings is 1. The number of hydrogen-bond donors (Lipinski definition) is 1. The maximum atomic E-state index is 12.6.